The largest absolute Gasteiger partial charge is 0.396 e. The Labute approximate surface area is 150 Å². The van der Waals surface area contributed by atoms with Gasteiger partial charge in [0.1, 0.15) is 5.69 Å². The van der Waals surface area contributed by atoms with Crippen LogP contribution in [0.15, 0.2) is 23.8 Å². The van der Waals surface area contributed by atoms with Gasteiger partial charge in [0.25, 0.3) is 5.91 Å². The molecule has 2 atom stereocenters. The van der Waals surface area contributed by atoms with Crippen molar-refractivity contribution in [2.45, 2.75) is 32.3 Å². The molecule has 0 bridgehead atoms. The maximum absolute atomic E-state index is 12.7. The number of aliphatic hydroxyl groups excluding tert-OH is 2. The zero-order chi connectivity index (χ0) is 17.9. The molecular formula is C17H22N4O3S. The quantitative estimate of drug-likeness (QED) is 0.838. The molecule has 2 aromatic rings. The summed E-state index contributed by atoms with van der Waals surface area (Å²) in [6.45, 7) is 2.69. The summed E-state index contributed by atoms with van der Waals surface area (Å²) in [4.78, 5) is 26.9. The van der Waals surface area contributed by atoms with E-state index in [2.05, 4.69) is 15.0 Å². The van der Waals surface area contributed by atoms with Crippen LogP contribution in [0.2, 0.25) is 0 Å². The number of thiazole rings is 1. The van der Waals surface area contributed by atoms with E-state index in [-0.39, 0.29) is 19.1 Å². The Morgan fingerprint density at radius 1 is 1.44 bits per heavy atom. The number of hydrogen-bond acceptors (Lipinski definition) is 7. The van der Waals surface area contributed by atoms with Crippen molar-refractivity contribution in [3.63, 3.8) is 0 Å². The zero-order valence-corrected chi connectivity index (χ0v) is 14.9. The van der Waals surface area contributed by atoms with E-state index in [1.54, 1.807) is 28.7 Å². The first-order chi connectivity index (χ1) is 12.1. The molecule has 2 aromatic heterocycles. The first kappa shape index (κ1) is 17.9. The van der Waals surface area contributed by atoms with Gasteiger partial charge in [0.05, 0.1) is 12.7 Å². The van der Waals surface area contributed by atoms with Crippen molar-refractivity contribution >= 4 is 17.2 Å². The van der Waals surface area contributed by atoms with Crippen molar-refractivity contribution in [3.8, 4) is 10.8 Å². The molecule has 8 heteroatoms. The summed E-state index contributed by atoms with van der Waals surface area (Å²) < 4.78 is 0. The lowest BCUT2D eigenvalue weighted by molar-refractivity contribution is -0.0714. The molecule has 3 rings (SSSR count). The van der Waals surface area contributed by atoms with Gasteiger partial charge in [-0.3, -0.25) is 4.79 Å². The molecule has 0 saturated carbocycles. The number of β-amino-alcohol motifs (C(OH)–C–C–N with tert-alkyl or cyclic N) is 1. The third kappa shape index (κ3) is 3.56. The minimum atomic E-state index is -0.731. The molecule has 134 valence electrons. The van der Waals surface area contributed by atoms with Crippen LogP contribution >= 0.6 is 11.3 Å². The molecule has 1 aliphatic heterocycles. The Bertz CT molecular complexity index is 724. The minimum absolute atomic E-state index is 0.0593. The Kier molecular flexibility index (Phi) is 5.41. The fourth-order valence-corrected chi connectivity index (χ4v) is 4.04. The number of rotatable bonds is 5. The Hall–Kier alpha value is -1.90. The van der Waals surface area contributed by atoms with Gasteiger partial charge >= 0.3 is 0 Å². The second kappa shape index (κ2) is 7.55. The van der Waals surface area contributed by atoms with Crippen molar-refractivity contribution in [2.24, 2.45) is 5.41 Å². The molecule has 7 nitrogen and oxygen atoms in total. The molecular weight excluding hydrogens is 340 g/mol. The molecule has 0 aliphatic carbocycles. The number of carbonyl (C=O) groups excluding carboxylic acids is 1. The summed E-state index contributed by atoms with van der Waals surface area (Å²) in [6, 6.07) is 1.72. The van der Waals surface area contributed by atoms with E-state index in [1.165, 1.54) is 11.3 Å². The second-order valence-electron chi connectivity index (χ2n) is 6.40. The lowest BCUT2D eigenvalue weighted by atomic mass is 9.73. The predicted molar refractivity (Wildman–Crippen MR) is 94.1 cm³/mol. The van der Waals surface area contributed by atoms with Gasteiger partial charge in [-0.1, -0.05) is 13.3 Å². The van der Waals surface area contributed by atoms with Crippen molar-refractivity contribution in [3.05, 3.63) is 29.5 Å². The summed E-state index contributed by atoms with van der Waals surface area (Å²) in [6.07, 6.45) is 4.76. The van der Waals surface area contributed by atoms with Crippen LogP contribution in [0.25, 0.3) is 10.8 Å². The molecule has 25 heavy (non-hydrogen) atoms. The van der Waals surface area contributed by atoms with Gasteiger partial charge in [0.2, 0.25) is 0 Å². The van der Waals surface area contributed by atoms with Crippen LogP contribution < -0.4 is 0 Å². The van der Waals surface area contributed by atoms with Gasteiger partial charge < -0.3 is 15.1 Å². The number of nitrogens with zero attached hydrogens (tertiary/aromatic N) is 4. The van der Waals surface area contributed by atoms with Gasteiger partial charge in [-0.25, -0.2) is 15.0 Å². The van der Waals surface area contributed by atoms with Crippen molar-refractivity contribution in [2.75, 3.05) is 19.7 Å². The smallest absolute Gasteiger partial charge is 0.273 e. The van der Waals surface area contributed by atoms with Crippen LogP contribution in [0.1, 0.15) is 36.7 Å². The highest BCUT2D eigenvalue weighted by atomic mass is 32.1. The number of aromatic nitrogens is 3. The van der Waals surface area contributed by atoms with Crippen LogP contribution in [-0.4, -0.2) is 61.8 Å². The Balaban J connectivity index is 1.72. The van der Waals surface area contributed by atoms with E-state index in [0.29, 0.717) is 29.5 Å². The molecule has 0 unspecified atom stereocenters. The van der Waals surface area contributed by atoms with Crippen molar-refractivity contribution in [1.82, 2.24) is 19.9 Å². The number of aliphatic hydroxyl groups is 2. The van der Waals surface area contributed by atoms with Crippen molar-refractivity contribution in [1.29, 1.82) is 0 Å². The SMILES string of the molecule is CCC[C@]1(CO)CCN(C(=O)c2csc(-c3ncccn3)n2)C[C@H]1O. The monoisotopic (exact) mass is 362 g/mol. The van der Waals surface area contributed by atoms with Gasteiger partial charge in [-0.05, 0) is 18.9 Å². The zero-order valence-electron chi connectivity index (χ0n) is 14.1. The normalized spacial score (nSPS) is 23.6. The summed E-state index contributed by atoms with van der Waals surface area (Å²) in [5, 5.41) is 22.5. The molecule has 1 amide bonds. The Morgan fingerprint density at radius 3 is 2.84 bits per heavy atom. The highest BCUT2D eigenvalue weighted by Gasteiger charge is 2.42. The van der Waals surface area contributed by atoms with Crippen molar-refractivity contribution < 1.29 is 15.0 Å². The van der Waals surface area contributed by atoms with Crippen LogP contribution in [0.5, 0.6) is 0 Å². The van der Waals surface area contributed by atoms with E-state index in [9.17, 15) is 15.0 Å². The average Bonchev–Trinajstić information content (AvgIpc) is 3.14. The fourth-order valence-electron chi connectivity index (χ4n) is 3.30. The first-order valence-corrected chi connectivity index (χ1v) is 9.28. The number of likely N-dealkylation sites (tertiary alicyclic amines) is 1. The van der Waals surface area contributed by atoms with E-state index < -0.39 is 11.5 Å². The molecule has 1 saturated heterocycles. The summed E-state index contributed by atoms with van der Waals surface area (Å²) in [7, 11) is 0. The minimum Gasteiger partial charge on any atom is -0.396 e. The Morgan fingerprint density at radius 2 is 2.20 bits per heavy atom. The predicted octanol–water partition coefficient (Wildman–Crippen LogP) is 1.59. The van der Waals surface area contributed by atoms with Gasteiger partial charge in [-0.15, -0.1) is 11.3 Å². The summed E-state index contributed by atoms with van der Waals surface area (Å²) >= 11 is 1.32. The van der Waals surface area contributed by atoms with E-state index in [4.69, 9.17) is 0 Å². The van der Waals surface area contributed by atoms with Gasteiger partial charge in [0, 0.05) is 36.3 Å². The molecule has 1 aliphatic rings. The van der Waals surface area contributed by atoms with Gasteiger partial charge in [-0.2, -0.15) is 0 Å². The van der Waals surface area contributed by atoms with Gasteiger partial charge in [0.15, 0.2) is 10.8 Å². The lowest BCUT2D eigenvalue weighted by Crippen LogP contribution is -2.54. The number of piperidine rings is 1. The molecule has 1 fully saturated rings. The van der Waals surface area contributed by atoms with E-state index in [1.807, 2.05) is 6.92 Å². The highest BCUT2D eigenvalue weighted by molar-refractivity contribution is 7.13. The third-order valence-electron chi connectivity index (χ3n) is 4.81. The molecule has 0 aromatic carbocycles. The standard InChI is InChI=1S/C17H22N4O3S/c1-2-4-17(11-22)5-8-21(9-13(17)23)16(24)12-10-25-15(20-12)14-18-6-3-7-19-14/h3,6-7,10,13,22-23H,2,4-5,8-9,11H2,1H3/t13-,17-/m1/s1. The topological polar surface area (TPSA) is 99.4 Å². The number of carbonyl (C=O) groups is 1. The maximum atomic E-state index is 12.7. The number of hydrogen-bond donors (Lipinski definition) is 2. The molecule has 0 radical (unpaired) electrons. The average molecular weight is 362 g/mol. The second-order valence-corrected chi connectivity index (χ2v) is 7.26. The van der Waals surface area contributed by atoms with E-state index in [0.717, 1.165) is 12.8 Å². The summed E-state index contributed by atoms with van der Waals surface area (Å²) in [5.74, 6) is 0.285. The first-order valence-electron chi connectivity index (χ1n) is 8.41. The highest BCUT2D eigenvalue weighted by Crippen LogP contribution is 2.36. The van der Waals surface area contributed by atoms with Crippen LogP contribution in [0, 0.1) is 5.41 Å². The van der Waals surface area contributed by atoms with E-state index >= 15 is 0 Å². The molecule has 0 spiro atoms. The molecule has 3 heterocycles. The fraction of sp³-hybridized carbons (Fsp3) is 0.529. The summed E-state index contributed by atoms with van der Waals surface area (Å²) in [5.41, 5.74) is -0.164. The third-order valence-corrected chi connectivity index (χ3v) is 5.65. The maximum Gasteiger partial charge on any atom is 0.273 e. The van der Waals surface area contributed by atoms with Crippen LogP contribution in [0.4, 0.5) is 0 Å². The molecule has 2 N–H and O–H groups in total. The van der Waals surface area contributed by atoms with Crippen LogP contribution in [0.3, 0.4) is 0 Å². The number of amides is 1. The van der Waals surface area contributed by atoms with Crippen LogP contribution in [-0.2, 0) is 0 Å². The lowest BCUT2D eigenvalue weighted by Gasteiger charge is -2.44.